The van der Waals surface area contributed by atoms with Gasteiger partial charge >= 0.3 is 5.97 Å². The Morgan fingerprint density at radius 1 is 1.11 bits per heavy atom. The summed E-state index contributed by atoms with van der Waals surface area (Å²) in [5, 5.41) is 11.5. The molecule has 2 heterocycles. The number of nitrogens with zero attached hydrogens (tertiary/aromatic N) is 2. The molecule has 0 unspecified atom stereocenters. The Morgan fingerprint density at radius 3 is 2.34 bits per heavy atom. The van der Waals surface area contributed by atoms with E-state index in [0.29, 0.717) is 17.2 Å². The van der Waals surface area contributed by atoms with Gasteiger partial charge in [0, 0.05) is 57.1 Å². The number of nitro groups is 1. The van der Waals surface area contributed by atoms with Crippen LogP contribution in [0.5, 0.6) is 17.2 Å². The fourth-order valence-corrected chi connectivity index (χ4v) is 4.56. The first-order valence-corrected chi connectivity index (χ1v) is 11.9. The zero-order chi connectivity index (χ0) is 27.5. The minimum absolute atomic E-state index is 0. The normalized spacial score (nSPS) is 18.6. The number of rotatable bonds is 4. The Hall–Kier alpha value is -2.91. The molecule has 4 rings (SSSR count). The van der Waals surface area contributed by atoms with Crippen LogP contribution in [0.25, 0.3) is 6.08 Å². The van der Waals surface area contributed by atoms with Gasteiger partial charge in [-0.2, -0.15) is 13.8 Å². The molecule has 0 N–H and O–H groups in total. The number of hydrogen-bond donors (Lipinski definition) is 0. The van der Waals surface area contributed by atoms with Crippen LogP contribution in [-0.2, 0) is 47.7 Å². The van der Waals surface area contributed by atoms with Crippen molar-refractivity contribution in [3.63, 3.8) is 0 Å². The minimum Gasteiger partial charge on any atom is -0.459 e. The molecule has 1 atom stereocenters. The molecule has 1 spiro atoms. The zero-order valence-corrected chi connectivity index (χ0v) is 25.7. The van der Waals surface area contributed by atoms with E-state index in [2.05, 4.69) is 0 Å². The van der Waals surface area contributed by atoms with Gasteiger partial charge in [-0.25, -0.2) is 0 Å². The van der Waals surface area contributed by atoms with E-state index in [-0.39, 0.29) is 55.9 Å². The number of fused-ring (bicyclic) bond motifs is 2. The number of hydrogen-bond acceptors (Lipinski definition) is 8. The number of nitro benzene ring substituents is 1. The maximum absolute atomic E-state index is 12.5. The van der Waals surface area contributed by atoms with Gasteiger partial charge in [0.2, 0.25) is 5.72 Å². The number of likely N-dealkylation sites (N-methyl/N-ethyl adjacent to an activating group) is 1. The van der Waals surface area contributed by atoms with Crippen molar-refractivity contribution in [1.82, 2.24) is 0 Å². The van der Waals surface area contributed by atoms with Crippen molar-refractivity contribution >= 4 is 29.4 Å². The standard InChI is InChI=1S/C28H31N2O7.Y/c1-16(2)24(31)36-22-14-18(30(33)34)13-17-11-12-28(37-23(17)22)27(6,7)20-15-19(9-10-21(20)29(28)8)35-25(32)26(3,4)5;/h9-15H,1-8H3;/q-1;/t28-;/m0./s1. The molecule has 2 aliphatic rings. The third kappa shape index (κ3) is 4.82. The molecule has 0 aliphatic carbocycles. The van der Waals surface area contributed by atoms with Crippen LogP contribution in [0.2, 0.25) is 0 Å². The summed E-state index contributed by atoms with van der Waals surface area (Å²) in [6.45, 7) is 12.6. The number of ether oxygens (including phenoxy) is 3. The van der Waals surface area contributed by atoms with Gasteiger partial charge in [-0.3, -0.25) is 25.6 Å². The van der Waals surface area contributed by atoms with E-state index in [1.807, 2.05) is 44.0 Å². The predicted octanol–water partition coefficient (Wildman–Crippen LogP) is 5.59. The van der Waals surface area contributed by atoms with Gasteiger partial charge in [0.15, 0.2) is 17.5 Å². The number of non-ortho nitro benzene ring substituents is 1. The van der Waals surface area contributed by atoms with Gasteiger partial charge in [0.1, 0.15) is 5.75 Å². The second kappa shape index (κ2) is 10.0. The van der Waals surface area contributed by atoms with Gasteiger partial charge in [-0.05, 0) is 70.5 Å². The Morgan fingerprint density at radius 2 is 1.76 bits per heavy atom. The third-order valence-electron chi connectivity index (χ3n) is 6.86. The van der Waals surface area contributed by atoms with E-state index in [0.717, 1.165) is 11.3 Å². The van der Waals surface area contributed by atoms with Crippen LogP contribution >= 0.6 is 0 Å². The van der Waals surface area contributed by atoms with Gasteiger partial charge in [-0.15, -0.1) is 0 Å². The van der Waals surface area contributed by atoms with Crippen molar-refractivity contribution in [2.45, 2.75) is 59.6 Å². The molecule has 0 saturated carbocycles. The summed E-state index contributed by atoms with van der Waals surface area (Å²) < 4.78 is 17.8. The van der Waals surface area contributed by atoms with Crippen LogP contribution < -0.4 is 19.1 Å². The predicted molar refractivity (Wildman–Crippen MR) is 139 cm³/mol. The minimum atomic E-state index is -1.06. The number of carbonyl (C=O) groups is 2. The summed E-state index contributed by atoms with van der Waals surface area (Å²) in [5.74, 6) is 0.0718. The molecular formula is C28H31N2O7Y-. The average Bonchev–Trinajstić information content (AvgIpc) is 2.96. The van der Waals surface area contributed by atoms with Crippen molar-refractivity contribution in [2.24, 2.45) is 5.41 Å². The van der Waals surface area contributed by atoms with E-state index in [1.54, 1.807) is 46.8 Å². The van der Waals surface area contributed by atoms with E-state index < -0.39 is 27.4 Å². The zero-order valence-electron chi connectivity index (χ0n) is 22.9. The monoisotopic (exact) mass is 596 g/mol. The molecular weight excluding hydrogens is 565 g/mol. The van der Waals surface area contributed by atoms with Crippen LogP contribution in [0.1, 0.15) is 59.6 Å². The fourth-order valence-electron chi connectivity index (χ4n) is 4.56. The molecule has 0 saturated heterocycles. The maximum Gasteiger partial charge on any atom is 0.316 e. The van der Waals surface area contributed by atoms with Crippen LogP contribution in [0.15, 0.2) is 36.4 Å². The molecule has 2 aromatic carbocycles. The summed E-state index contributed by atoms with van der Waals surface area (Å²) >= 11 is 0. The number of anilines is 1. The van der Waals surface area contributed by atoms with Crippen LogP contribution in [0.4, 0.5) is 11.4 Å². The second-order valence-electron chi connectivity index (χ2n) is 11.1. The number of esters is 2. The largest absolute Gasteiger partial charge is 0.459 e. The molecule has 0 bridgehead atoms. The molecule has 0 amide bonds. The van der Waals surface area contributed by atoms with Crippen molar-refractivity contribution < 1.29 is 61.4 Å². The van der Waals surface area contributed by atoms with Crippen molar-refractivity contribution in [1.29, 1.82) is 0 Å². The van der Waals surface area contributed by atoms with E-state index in [1.165, 1.54) is 12.1 Å². The van der Waals surface area contributed by atoms with Gasteiger partial charge in [0.05, 0.1) is 21.8 Å². The molecule has 1 radical (unpaired) electrons. The van der Waals surface area contributed by atoms with Crippen LogP contribution in [0, 0.1) is 21.4 Å². The summed E-state index contributed by atoms with van der Waals surface area (Å²) in [6.07, 6.45) is 3.60. The van der Waals surface area contributed by atoms with E-state index in [4.69, 9.17) is 14.2 Å². The number of carbonyl (C=O) groups excluding carboxylic acids is 2. The summed E-state index contributed by atoms with van der Waals surface area (Å²) in [5.41, 5.74) is -0.422. The summed E-state index contributed by atoms with van der Waals surface area (Å²) in [4.78, 5) is 37.8. The van der Waals surface area contributed by atoms with Gasteiger partial charge in [0.25, 0.3) is 5.69 Å². The SMILES string of the molecule is C[C-](C)C(=O)Oc1cc([N+](=O)[O-])cc2c1O[C@]1(C=C2)N(C)c2ccc(OC(=O)C(C)(C)C)cc2C1(C)C.[Y]. The Kier molecular flexibility index (Phi) is 7.81. The van der Waals surface area contributed by atoms with Crippen LogP contribution in [-0.4, -0.2) is 29.6 Å². The first-order valence-electron chi connectivity index (χ1n) is 11.9. The third-order valence-corrected chi connectivity index (χ3v) is 6.86. The number of benzene rings is 2. The topological polar surface area (TPSA) is 108 Å². The van der Waals surface area contributed by atoms with Crippen LogP contribution in [0.3, 0.4) is 0 Å². The quantitative estimate of drug-likeness (QED) is 0.148. The molecule has 9 nitrogen and oxygen atoms in total. The van der Waals surface area contributed by atoms with Crippen molar-refractivity contribution in [3.05, 3.63) is 63.6 Å². The Labute approximate surface area is 247 Å². The Bertz CT molecular complexity index is 1340. The molecule has 0 aromatic heterocycles. The second-order valence-corrected chi connectivity index (χ2v) is 11.1. The van der Waals surface area contributed by atoms with Gasteiger partial charge in [-0.1, -0.05) is 0 Å². The van der Waals surface area contributed by atoms with Crippen molar-refractivity contribution in [2.75, 3.05) is 11.9 Å². The Balaban J connectivity index is 0.00000400. The fraction of sp³-hybridized carbons (Fsp3) is 0.393. The molecule has 10 heteroatoms. The smallest absolute Gasteiger partial charge is 0.316 e. The molecule has 2 aromatic rings. The summed E-state index contributed by atoms with van der Waals surface area (Å²) in [7, 11) is 1.88. The van der Waals surface area contributed by atoms with E-state index >= 15 is 0 Å². The molecule has 2 aliphatic heterocycles. The van der Waals surface area contributed by atoms with Gasteiger partial charge < -0.3 is 19.1 Å². The summed E-state index contributed by atoms with van der Waals surface area (Å²) in [6, 6.07) is 8.04. The van der Waals surface area contributed by atoms with E-state index in [9.17, 15) is 19.7 Å². The molecule has 0 fully saturated rings. The molecule has 199 valence electrons. The first kappa shape index (κ1) is 29.6. The van der Waals surface area contributed by atoms with Crippen molar-refractivity contribution in [3.8, 4) is 17.2 Å². The first-order chi connectivity index (χ1) is 17.1. The molecule has 38 heavy (non-hydrogen) atoms. The average molecular weight is 596 g/mol. The maximum atomic E-state index is 12.5.